The molecule has 4 aromatic rings. The van der Waals surface area contributed by atoms with Crippen molar-refractivity contribution in [3.63, 3.8) is 0 Å². The number of benzene rings is 1. The van der Waals surface area contributed by atoms with E-state index in [1.165, 1.54) is 11.1 Å². The molecule has 1 aromatic carbocycles. The van der Waals surface area contributed by atoms with Gasteiger partial charge in [-0.1, -0.05) is 31.2 Å². The fourth-order valence-corrected chi connectivity index (χ4v) is 3.53. The number of nitrogens with zero attached hydrogens (tertiary/aromatic N) is 5. The molecule has 1 aliphatic heterocycles. The molecule has 134 valence electrons. The smallest absolute Gasteiger partial charge is 0.182 e. The number of Topliss-reactive ketones (excluding diaryl/α,β-unsaturated/α-hetero) is 1. The summed E-state index contributed by atoms with van der Waals surface area (Å²) in [5.41, 5.74) is 5.50. The third kappa shape index (κ3) is 2.59. The number of aromatic nitrogens is 5. The number of rotatable bonds is 4. The van der Waals surface area contributed by atoms with Crippen LogP contribution >= 0.6 is 0 Å². The van der Waals surface area contributed by atoms with Crippen LogP contribution in [-0.2, 0) is 13.1 Å². The first-order valence-corrected chi connectivity index (χ1v) is 8.98. The van der Waals surface area contributed by atoms with Crippen molar-refractivity contribution in [1.29, 1.82) is 0 Å². The molecule has 4 heterocycles. The quantitative estimate of drug-likeness (QED) is 0.567. The first-order chi connectivity index (χ1) is 13.2. The molecule has 0 bridgehead atoms. The predicted octanol–water partition coefficient (Wildman–Crippen LogP) is 3.23. The van der Waals surface area contributed by atoms with Gasteiger partial charge in [0.1, 0.15) is 11.5 Å². The lowest BCUT2D eigenvalue weighted by molar-refractivity contribution is 0.0983. The Bertz CT molecular complexity index is 1120. The summed E-state index contributed by atoms with van der Waals surface area (Å²) < 4.78 is 1.72. The normalized spacial score (nSPS) is 13.3. The fraction of sp³-hybridized carbons (Fsp3) is 0.200. The molecule has 0 radical (unpaired) electrons. The summed E-state index contributed by atoms with van der Waals surface area (Å²) in [4.78, 5) is 19.2. The summed E-state index contributed by atoms with van der Waals surface area (Å²) in [6.07, 6.45) is 3.99. The summed E-state index contributed by atoms with van der Waals surface area (Å²) in [7, 11) is 0. The maximum atomic E-state index is 12.1. The lowest BCUT2D eigenvalue weighted by Crippen LogP contribution is -2.17. The van der Waals surface area contributed by atoms with Crippen molar-refractivity contribution >= 4 is 17.2 Å². The molecule has 3 aromatic heterocycles. The molecule has 7 heteroatoms. The molecular formula is C20H18N6O. The monoisotopic (exact) mass is 358 g/mol. The number of carbonyl (C=O) groups is 1. The Kier molecular flexibility index (Phi) is 3.53. The fourth-order valence-electron chi connectivity index (χ4n) is 3.53. The molecule has 5 rings (SSSR count). The van der Waals surface area contributed by atoms with Crippen LogP contribution in [0, 0.1) is 0 Å². The van der Waals surface area contributed by atoms with E-state index in [-0.39, 0.29) is 5.78 Å². The van der Waals surface area contributed by atoms with Crippen molar-refractivity contribution in [2.45, 2.75) is 26.4 Å². The highest BCUT2D eigenvalue weighted by Crippen LogP contribution is 2.30. The van der Waals surface area contributed by atoms with E-state index in [2.05, 4.69) is 44.5 Å². The number of fused-ring (bicyclic) bond motifs is 2. The second-order valence-corrected chi connectivity index (χ2v) is 6.69. The molecule has 0 amide bonds. The zero-order valence-electron chi connectivity index (χ0n) is 14.9. The number of hydrogen-bond acceptors (Lipinski definition) is 5. The van der Waals surface area contributed by atoms with E-state index in [9.17, 15) is 4.79 Å². The van der Waals surface area contributed by atoms with Gasteiger partial charge >= 0.3 is 0 Å². The van der Waals surface area contributed by atoms with E-state index in [1.54, 1.807) is 16.8 Å². The Morgan fingerprint density at radius 1 is 1.19 bits per heavy atom. The molecule has 0 unspecified atom stereocenters. The predicted molar refractivity (Wildman–Crippen MR) is 102 cm³/mol. The van der Waals surface area contributed by atoms with Gasteiger partial charge in [0.05, 0.1) is 11.9 Å². The molecule has 1 aliphatic rings. The van der Waals surface area contributed by atoms with Gasteiger partial charge in [-0.15, -0.1) is 0 Å². The minimum Gasteiger partial charge on any atom is -0.348 e. The van der Waals surface area contributed by atoms with Crippen molar-refractivity contribution in [2.24, 2.45) is 0 Å². The van der Waals surface area contributed by atoms with Crippen LogP contribution in [0.3, 0.4) is 0 Å². The molecule has 1 N–H and O–H groups in total. The highest BCUT2D eigenvalue weighted by Gasteiger charge is 2.22. The van der Waals surface area contributed by atoms with Crippen molar-refractivity contribution in [3.05, 3.63) is 65.6 Å². The molecule has 0 spiro atoms. The lowest BCUT2D eigenvalue weighted by atomic mass is 10.1. The van der Waals surface area contributed by atoms with Gasteiger partial charge in [0.15, 0.2) is 11.4 Å². The Balaban J connectivity index is 1.65. The van der Waals surface area contributed by atoms with Gasteiger partial charge in [-0.05, 0) is 11.1 Å². The average molecular weight is 358 g/mol. The van der Waals surface area contributed by atoms with Gasteiger partial charge in [-0.3, -0.25) is 9.89 Å². The van der Waals surface area contributed by atoms with E-state index in [0.717, 1.165) is 30.2 Å². The van der Waals surface area contributed by atoms with E-state index in [4.69, 9.17) is 4.98 Å². The van der Waals surface area contributed by atoms with Crippen LogP contribution in [0.15, 0.2) is 48.8 Å². The van der Waals surface area contributed by atoms with Crippen LogP contribution in [-0.4, -0.2) is 30.6 Å². The van der Waals surface area contributed by atoms with Gasteiger partial charge in [0.25, 0.3) is 0 Å². The van der Waals surface area contributed by atoms with E-state index < -0.39 is 0 Å². The summed E-state index contributed by atoms with van der Waals surface area (Å²) in [5, 5.41) is 11.4. The van der Waals surface area contributed by atoms with Gasteiger partial charge in [-0.25, -0.2) is 9.50 Å². The van der Waals surface area contributed by atoms with Crippen molar-refractivity contribution in [3.8, 4) is 11.3 Å². The number of ketones is 1. The van der Waals surface area contributed by atoms with Crippen molar-refractivity contribution in [2.75, 3.05) is 4.90 Å². The Morgan fingerprint density at radius 3 is 2.63 bits per heavy atom. The molecule has 0 saturated heterocycles. The molecule has 0 saturated carbocycles. The Morgan fingerprint density at radius 2 is 1.96 bits per heavy atom. The van der Waals surface area contributed by atoms with Crippen LogP contribution in [0.5, 0.6) is 0 Å². The average Bonchev–Trinajstić information content (AvgIpc) is 3.44. The Labute approximate surface area is 155 Å². The van der Waals surface area contributed by atoms with Crippen LogP contribution in [0.1, 0.15) is 35.0 Å². The van der Waals surface area contributed by atoms with Gasteiger partial charge in [0, 0.05) is 43.4 Å². The van der Waals surface area contributed by atoms with Crippen molar-refractivity contribution < 1.29 is 4.79 Å². The number of aromatic amines is 1. The summed E-state index contributed by atoms with van der Waals surface area (Å²) >= 11 is 0. The van der Waals surface area contributed by atoms with Crippen LogP contribution < -0.4 is 4.90 Å². The lowest BCUT2D eigenvalue weighted by Gasteiger charge is -2.17. The largest absolute Gasteiger partial charge is 0.348 e. The van der Waals surface area contributed by atoms with E-state index in [0.29, 0.717) is 17.8 Å². The first kappa shape index (κ1) is 15.7. The highest BCUT2D eigenvalue weighted by molar-refractivity contribution is 5.95. The number of carbonyl (C=O) groups excluding carboxylic acids is 1. The second-order valence-electron chi connectivity index (χ2n) is 6.69. The number of nitrogens with one attached hydrogen (secondary N) is 1. The maximum Gasteiger partial charge on any atom is 0.182 e. The molecule has 0 atom stereocenters. The summed E-state index contributed by atoms with van der Waals surface area (Å²) in [6.45, 7) is 3.47. The van der Waals surface area contributed by atoms with Gasteiger partial charge in [-0.2, -0.15) is 10.2 Å². The molecule has 7 nitrogen and oxygen atoms in total. The number of H-pyrrole nitrogens is 1. The highest BCUT2D eigenvalue weighted by atomic mass is 16.1. The molecular weight excluding hydrogens is 340 g/mol. The summed E-state index contributed by atoms with van der Waals surface area (Å²) in [6, 6.07) is 12.2. The topological polar surface area (TPSA) is 79.2 Å². The second kappa shape index (κ2) is 6.05. The van der Waals surface area contributed by atoms with Gasteiger partial charge < -0.3 is 4.90 Å². The van der Waals surface area contributed by atoms with Crippen LogP contribution in [0.2, 0.25) is 0 Å². The number of anilines is 1. The van der Waals surface area contributed by atoms with Crippen LogP contribution in [0.4, 0.5) is 5.82 Å². The van der Waals surface area contributed by atoms with Crippen molar-refractivity contribution in [1.82, 2.24) is 24.8 Å². The third-order valence-electron chi connectivity index (χ3n) is 4.98. The SMILES string of the molecule is CCC(=O)c1cc2nc(N3Cc4ccccc4C3)cc(-c3cn[nH]c3)n2n1. The molecule has 0 aliphatic carbocycles. The minimum atomic E-state index is 0.00812. The van der Waals surface area contributed by atoms with E-state index >= 15 is 0 Å². The Hall–Kier alpha value is -3.48. The minimum absolute atomic E-state index is 0.00812. The molecule has 0 fully saturated rings. The third-order valence-corrected chi connectivity index (χ3v) is 4.98. The van der Waals surface area contributed by atoms with Crippen LogP contribution in [0.25, 0.3) is 16.9 Å². The summed E-state index contributed by atoms with van der Waals surface area (Å²) in [5.74, 6) is 0.874. The zero-order chi connectivity index (χ0) is 18.4. The standard InChI is InChI=1S/C20H18N6O/c1-2-18(27)16-7-20-23-19(25-11-13-5-3-4-6-14(13)12-25)8-17(26(20)24-16)15-9-21-22-10-15/h3-10H,2,11-12H2,1H3,(H,21,22). The first-order valence-electron chi connectivity index (χ1n) is 8.98. The van der Waals surface area contributed by atoms with Gasteiger partial charge in [0.2, 0.25) is 0 Å². The maximum absolute atomic E-state index is 12.1. The van der Waals surface area contributed by atoms with E-state index in [1.807, 2.05) is 19.2 Å². The zero-order valence-corrected chi connectivity index (χ0v) is 14.9. The number of hydrogen-bond donors (Lipinski definition) is 1. The molecule has 27 heavy (non-hydrogen) atoms.